The second kappa shape index (κ2) is 11.5. The number of anilines is 1. The molecule has 0 saturated carbocycles. The normalized spacial score (nSPS) is 15.7. The van der Waals surface area contributed by atoms with Crippen molar-refractivity contribution in [3.05, 3.63) is 75.6 Å². The average molecular weight is 591 g/mol. The van der Waals surface area contributed by atoms with E-state index in [9.17, 15) is 27.9 Å². The highest BCUT2D eigenvalue weighted by atomic mass is 19.4. The van der Waals surface area contributed by atoms with Crippen LogP contribution in [0.1, 0.15) is 48.6 Å². The number of carbonyl (C=O) groups excluding carboxylic acids is 1. The Bertz CT molecular complexity index is 1640. The average Bonchev–Trinajstić information content (AvgIpc) is 3.64. The minimum atomic E-state index is -4.48. The number of hydrogen-bond acceptors (Lipinski definition) is 10. The third kappa shape index (κ3) is 5.69. The zero-order valence-electron chi connectivity index (χ0n) is 23.1. The van der Waals surface area contributed by atoms with Crippen molar-refractivity contribution in [2.24, 2.45) is 0 Å². The molecular formula is C27H29F3N6O6. The quantitative estimate of drug-likeness (QED) is 0.319. The van der Waals surface area contributed by atoms with Gasteiger partial charge in [-0.3, -0.25) is 9.58 Å². The fraction of sp³-hybridized carbons (Fsp3) is 0.407. The number of aryl methyl sites for hydroxylation is 1. The third-order valence-corrected chi connectivity index (χ3v) is 6.87. The van der Waals surface area contributed by atoms with Crippen molar-refractivity contribution in [2.75, 3.05) is 18.0 Å². The number of fused-ring (bicyclic) bond motifs is 1. The van der Waals surface area contributed by atoms with Crippen LogP contribution in [0.5, 0.6) is 0 Å². The summed E-state index contributed by atoms with van der Waals surface area (Å²) in [5.41, 5.74) is 0.476. The minimum Gasteiger partial charge on any atom is -0.441 e. The Balaban J connectivity index is 1.52. The molecule has 15 heteroatoms. The molecule has 0 radical (unpaired) electrons. The van der Waals surface area contributed by atoms with Crippen molar-refractivity contribution < 1.29 is 36.6 Å². The van der Waals surface area contributed by atoms with E-state index in [1.54, 1.807) is 22.1 Å². The van der Waals surface area contributed by atoms with Gasteiger partial charge in [0.15, 0.2) is 36.1 Å². The lowest BCUT2D eigenvalue weighted by atomic mass is 10.1. The number of imidazole rings is 1. The van der Waals surface area contributed by atoms with E-state index in [2.05, 4.69) is 5.10 Å². The molecule has 1 aromatic carbocycles. The van der Waals surface area contributed by atoms with Gasteiger partial charge in [0, 0.05) is 25.8 Å². The first kappa shape index (κ1) is 29.1. The Morgan fingerprint density at radius 1 is 1.24 bits per heavy atom. The van der Waals surface area contributed by atoms with E-state index < -0.39 is 30.0 Å². The molecular weight excluding hydrogens is 561 g/mol. The summed E-state index contributed by atoms with van der Waals surface area (Å²) in [5.74, 6) is -0.159. The monoisotopic (exact) mass is 590 g/mol. The van der Waals surface area contributed by atoms with E-state index in [0.717, 1.165) is 18.6 Å². The van der Waals surface area contributed by atoms with Crippen molar-refractivity contribution in [1.29, 1.82) is 0 Å². The first-order chi connectivity index (χ1) is 20.0. The molecule has 224 valence electrons. The molecule has 4 heterocycles. The molecule has 0 fully saturated rings. The summed E-state index contributed by atoms with van der Waals surface area (Å²) in [6.07, 6.45) is -2.52. The van der Waals surface area contributed by atoms with Gasteiger partial charge in [-0.2, -0.15) is 18.3 Å². The molecule has 3 aromatic heterocycles. The van der Waals surface area contributed by atoms with Crippen molar-refractivity contribution in [1.82, 2.24) is 24.2 Å². The molecule has 1 aliphatic heterocycles. The van der Waals surface area contributed by atoms with E-state index in [0.29, 0.717) is 35.7 Å². The van der Waals surface area contributed by atoms with Crippen molar-refractivity contribution in [2.45, 2.75) is 59.4 Å². The van der Waals surface area contributed by atoms with Gasteiger partial charge in [0.25, 0.3) is 0 Å². The molecule has 12 nitrogen and oxygen atoms in total. The molecule has 0 aliphatic carbocycles. The predicted molar refractivity (Wildman–Crippen MR) is 141 cm³/mol. The van der Waals surface area contributed by atoms with Crippen molar-refractivity contribution >= 4 is 11.9 Å². The SMILES string of the molecule is CCCN1Cc2c(nc(-c3cnn(Cc4cccc(C(F)(F)F)c4)c3)n2C(=O)OCc2oc(=O)oc2C)N(CC)C1O. The highest BCUT2D eigenvalue weighted by molar-refractivity contribution is 5.80. The van der Waals surface area contributed by atoms with E-state index in [-0.39, 0.29) is 37.0 Å². The lowest BCUT2D eigenvalue weighted by Crippen LogP contribution is -2.52. The summed E-state index contributed by atoms with van der Waals surface area (Å²) >= 11 is 0. The van der Waals surface area contributed by atoms with Crippen LogP contribution in [-0.2, 0) is 30.6 Å². The summed E-state index contributed by atoms with van der Waals surface area (Å²) in [6.45, 7) is 6.08. The molecule has 0 saturated heterocycles. The van der Waals surface area contributed by atoms with Crippen LogP contribution in [0, 0.1) is 6.92 Å². The Hall–Kier alpha value is -4.37. The van der Waals surface area contributed by atoms with E-state index in [1.807, 2.05) is 13.8 Å². The maximum Gasteiger partial charge on any atom is 0.519 e. The number of aliphatic hydroxyl groups is 1. The summed E-state index contributed by atoms with van der Waals surface area (Å²) in [6, 6.07) is 4.94. The van der Waals surface area contributed by atoms with Gasteiger partial charge in [-0.15, -0.1) is 0 Å². The molecule has 1 unspecified atom stereocenters. The number of aliphatic hydroxyl groups excluding tert-OH is 1. The molecule has 1 atom stereocenters. The first-order valence-corrected chi connectivity index (χ1v) is 13.3. The lowest BCUT2D eigenvalue weighted by molar-refractivity contribution is -0.137. The highest BCUT2D eigenvalue weighted by Gasteiger charge is 2.37. The Morgan fingerprint density at radius 2 is 2.02 bits per heavy atom. The van der Waals surface area contributed by atoms with Gasteiger partial charge in [-0.25, -0.2) is 19.1 Å². The van der Waals surface area contributed by atoms with Gasteiger partial charge < -0.3 is 23.6 Å². The molecule has 0 bridgehead atoms. The van der Waals surface area contributed by atoms with Crippen LogP contribution < -0.4 is 10.7 Å². The zero-order chi connectivity index (χ0) is 30.2. The first-order valence-electron chi connectivity index (χ1n) is 13.3. The predicted octanol–water partition coefficient (Wildman–Crippen LogP) is 4.18. The fourth-order valence-electron chi connectivity index (χ4n) is 4.88. The molecule has 1 N–H and O–H groups in total. The Morgan fingerprint density at radius 3 is 2.69 bits per heavy atom. The number of benzene rings is 1. The van der Waals surface area contributed by atoms with Gasteiger partial charge in [-0.1, -0.05) is 19.1 Å². The smallest absolute Gasteiger partial charge is 0.441 e. The van der Waals surface area contributed by atoms with Crippen LogP contribution in [0.3, 0.4) is 0 Å². The van der Waals surface area contributed by atoms with E-state index >= 15 is 0 Å². The van der Waals surface area contributed by atoms with Crippen LogP contribution in [0.25, 0.3) is 11.4 Å². The van der Waals surface area contributed by atoms with Crippen molar-refractivity contribution in [3.63, 3.8) is 0 Å². The Kier molecular flexibility index (Phi) is 7.97. The maximum absolute atomic E-state index is 13.6. The van der Waals surface area contributed by atoms with Crippen LogP contribution in [0.4, 0.5) is 23.8 Å². The maximum atomic E-state index is 13.6. The summed E-state index contributed by atoms with van der Waals surface area (Å²) in [7, 11) is 0. The standard InChI is InChI=1S/C27H29F3N6O6/c1-4-9-33-14-20-23(35(5-2)24(33)37)32-22(36(20)25(38)40-15-21-16(3)41-26(39)42-21)18-11-31-34(13-18)12-17-7-6-8-19(10-17)27(28,29)30/h6-8,10-11,13,24,37H,4-5,9,12,14-15H2,1-3H3. The number of nitrogens with zero attached hydrogens (tertiary/aromatic N) is 6. The highest BCUT2D eigenvalue weighted by Crippen LogP contribution is 2.35. The van der Waals surface area contributed by atoms with E-state index in [4.69, 9.17) is 18.6 Å². The number of aromatic nitrogens is 4. The Labute approximate surface area is 237 Å². The fourth-order valence-corrected chi connectivity index (χ4v) is 4.88. The van der Waals surface area contributed by atoms with Gasteiger partial charge >= 0.3 is 18.1 Å². The van der Waals surface area contributed by atoms with E-state index in [1.165, 1.54) is 28.4 Å². The molecule has 0 spiro atoms. The van der Waals surface area contributed by atoms with Crippen LogP contribution >= 0.6 is 0 Å². The van der Waals surface area contributed by atoms with Gasteiger partial charge in [0.1, 0.15) is 0 Å². The van der Waals surface area contributed by atoms with Gasteiger partial charge in [0.05, 0.1) is 29.6 Å². The molecule has 4 aromatic rings. The minimum absolute atomic E-state index is 0.0394. The van der Waals surface area contributed by atoms with Crippen LogP contribution in [0.15, 0.2) is 50.3 Å². The summed E-state index contributed by atoms with van der Waals surface area (Å²) in [4.78, 5) is 33.1. The number of rotatable bonds is 8. The lowest BCUT2D eigenvalue weighted by Gasteiger charge is -2.40. The number of alkyl halides is 3. The van der Waals surface area contributed by atoms with Gasteiger partial charge in [-0.05, 0) is 38.0 Å². The van der Waals surface area contributed by atoms with Crippen LogP contribution in [0.2, 0.25) is 0 Å². The summed E-state index contributed by atoms with van der Waals surface area (Å²) < 4.78 is 57.6. The molecule has 0 amide bonds. The number of hydrogen-bond donors (Lipinski definition) is 1. The third-order valence-electron chi connectivity index (χ3n) is 6.87. The zero-order valence-corrected chi connectivity index (χ0v) is 23.1. The number of carbonyl (C=O) groups is 1. The largest absolute Gasteiger partial charge is 0.519 e. The molecule has 5 rings (SSSR count). The van der Waals surface area contributed by atoms with Crippen LogP contribution in [-0.4, -0.2) is 54.9 Å². The molecule has 1 aliphatic rings. The molecule has 42 heavy (non-hydrogen) atoms. The van der Waals surface area contributed by atoms with Crippen molar-refractivity contribution in [3.8, 4) is 11.4 Å². The second-order valence-electron chi connectivity index (χ2n) is 9.76. The van der Waals surface area contributed by atoms with Gasteiger partial charge in [0.2, 0.25) is 0 Å². The number of ether oxygens (including phenoxy) is 1. The summed E-state index contributed by atoms with van der Waals surface area (Å²) in [5, 5.41) is 15.3. The second-order valence-corrected chi connectivity index (χ2v) is 9.76. The number of halogens is 3. The topological polar surface area (TPSA) is 132 Å².